The fourth-order valence-corrected chi connectivity index (χ4v) is 4.78. The van der Waals surface area contributed by atoms with Gasteiger partial charge in [0.25, 0.3) is 5.91 Å². The fraction of sp³-hybridized carbons (Fsp3) is 0.368. The second-order valence-corrected chi connectivity index (χ2v) is 8.58. The molecule has 2 aromatic rings. The van der Waals surface area contributed by atoms with Crippen LogP contribution < -0.4 is 4.90 Å². The average molecular weight is 408 g/mol. The highest BCUT2D eigenvalue weighted by Crippen LogP contribution is 2.27. The Morgan fingerprint density at radius 2 is 1.74 bits per heavy atom. The maximum atomic E-state index is 13.1. The fourth-order valence-electron chi connectivity index (χ4n) is 3.65. The van der Waals surface area contributed by atoms with Gasteiger partial charge in [0.05, 0.1) is 22.5 Å². The molecule has 8 heteroatoms. The quantitative estimate of drug-likeness (QED) is 0.731. The first-order valence-corrected chi connectivity index (χ1v) is 10.0. The molecule has 2 fully saturated rings. The zero-order chi connectivity index (χ0) is 19.0. The zero-order valence-electron chi connectivity index (χ0n) is 14.6. The second kappa shape index (κ2) is 7.67. The number of carbonyl (C=O) groups is 2. The molecule has 0 aliphatic carbocycles. The summed E-state index contributed by atoms with van der Waals surface area (Å²) in [6.45, 7) is 4.00. The molecule has 0 spiro atoms. The molecule has 4 rings (SSSR count). The van der Waals surface area contributed by atoms with Gasteiger partial charge in [-0.2, -0.15) is 0 Å². The average Bonchev–Trinajstić information content (AvgIpc) is 3.19. The van der Waals surface area contributed by atoms with Crippen molar-refractivity contribution in [2.75, 3.05) is 31.1 Å². The third-order valence-electron chi connectivity index (χ3n) is 5.06. The van der Waals surface area contributed by atoms with Crippen molar-refractivity contribution in [3.05, 3.63) is 51.4 Å². The van der Waals surface area contributed by atoms with E-state index in [1.54, 1.807) is 11.3 Å². The Kier molecular flexibility index (Phi) is 5.27. The number of amides is 2. The smallest absolute Gasteiger partial charge is 0.251 e. The number of hydrogen-bond donors (Lipinski definition) is 0. The third kappa shape index (κ3) is 3.91. The lowest BCUT2D eigenvalue weighted by atomic mass is 10.1. The van der Waals surface area contributed by atoms with Crippen molar-refractivity contribution >= 4 is 40.4 Å². The first-order valence-electron chi connectivity index (χ1n) is 8.84. The number of thiophene rings is 1. The molecule has 1 aromatic carbocycles. The summed E-state index contributed by atoms with van der Waals surface area (Å²) in [5, 5.41) is 0. The van der Waals surface area contributed by atoms with E-state index < -0.39 is 11.9 Å². The van der Waals surface area contributed by atoms with Gasteiger partial charge in [-0.05, 0) is 36.4 Å². The highest BCUT2D eigenvalue weighted by atomic mass is 35.5. The number of carbonyl (C=O) groups excluding carboxylic acids is 2. The van der Waals surface area contributed by atoms with Crippen molar-refractivity contribution in [3.8, 4) is 0 Å². The summed E-state index contributed by atoms with van der Waals surface area (Å²) in [4.78, 5) is 32.0. The molecule has 0 radical (unpaired) electrons. The SMILES string of the molecule is O=C1C[C@H](N2CCN(Cc3ccc(Cl)s3)CC2)C(=O)N1c1ccc(F)cc1. The van der Waals surface area contributed by atoms with E-state index in [0.717, 1.165) is 37.1 Å². The Morgan fingerprint density at radius 3 is 2.37 bits per heavy atom. The second-order valence-electron chi connectivity index (χ2n) is 6.78. The first-order chi connectivity index (χ1) is 13.0. The molecule has 0 N–H and O–H groups in total. The van der Waals surface area contributed by atoms with Crippen LogP contribution in [0.2, 0.25) is 4.34 Å². The van der Waals surface area contributed by atoms with E-state index in [9.17, 15) is 14.0 Å². The van der Waals surface area contributed by atoms with E-state index in [0.29, 0.717) is 5.69 Å². The van der Waals surface area contributed by atoms with Crippen LogP contribution in [0.3, 0.4) is 0 Å². The topological polar surface area (TPSA) is 43.9 Å². The number of anilines is 1. The van der Waals surface area contributed by atoms with Crippen molar-refractivity contribution in [1.29, 1.82) is 0 Å². The van der Waals surface area contributed by atoms with Crippen LogP contribution in [0.5, 0.6) is 0 Å². The number of nitrogens with zero attached hydrogens (tertiary/aromatic N) is 3. The summed E-state index contributed by atoms with van der Waals surface area (Å²) in [6.07, 6.45) is 0.177. The normalized spacial score (nSPS) is 22.0. The Balaban J connectivity index is 1.38. The molecule has 0 bridgehead atoms. The molecule has 142 valence electrons. The molecule has 2 aliphatic heterocycles. The van der Waals surface area contributed by atoms with Crippen molar-refractivity contribution in [3.63, 3.8) is 0 Å². The minimum absolute atomic E-state index is 0.177. The Bertz CT molecular complexity index is 849. The number of benzene rings is 1. The van der Waals surface area contributed by atoms with Gasteiger partial charge < -0.3 is 0 Å². The number of halogens is 2. The molecular weight excluding hydrogens is 389 g/mol. The molecule has 2 aliphatic rings. The predicted molar refractivity (Wildman–Crippen MR) is 103 cm³/mol. The number of piperazine rings is 1. The maximum Gasteiger partial charge on any atom is 0.251 e. The highest BCUT2D eigenvalue weighted by Gasteiger charge is 2.43. The largest absolute Gasteiger partial charge is 0.296 e. The van der Waals surface area contributed by atoms with Crippen LogP contribution in [0.4, 0.5) is 10.1 Å². The van der Waals surface area contributed by atoms with E-state index in [4.69, 9.17) is 11.6 Å². The zero-order valence-corrected chi connectivity index (χ0v) is 16.2. The van der Waals surface area contributed by atoms with Gasteiger partial charge in [0.1, 0.15) is 5.82 Å². The van der Waals surface area contributed by atoms with E-state index in [-0.39, 0.29) is 18.2 Å². The van der Waals surface area contributed by atoms with E-state index in [2.05, 4.69) is 9.80 Å². The molecule has 1 atom stereocenters. The Hall–Kier alpha value is -1.80. The van der Waals surface area contributed by atoms with Gasteiger partial charge in [-0.25, -0.2) is 9.29 Å². The van der Waals surface area contributed by atoms with E-state index >= 15 is 0 Å². The van der Waals surface area contributed by atoms with Gasteiger partial charge in [0.15, 0.2) is 0 Å². The summed E-state index contributed by atoms with van der Waals surface area (Å²) >= 11 is 7.57. The van der Waals surface area contributed by atoms with Gasteiger partial charge in [0, 0.05) is 37.6 Å². The van der Waals surface area contributed by atoms with Gasteiger partial charge in [-0.15, -0.1) is 11.3 Å². The minimum atomic E-state index is -0.430. The monoisotopic (exact) mass is 407 g/mol. The van der Waals surface area contributed by atoms with Crippen LogP contribution in [-0.2, 0) is 16.1 Å². The number of rotatable bonds is 4. The number of imide groups is 1. The lowest BCUT2D eigenvalue weighted by Gasteiger charge is -2.36. The van der Waals surface area contributed by atoms with Crippen LogP contribution in [0, 0.1) is 5.82 Å². The number of hydrogen-bond acceptors (Lipinski definition) is 5. The lowest BCUT2D eigenvalue weighted by molar-refractivity contribution is -0.123. The van der Waals surface area contributed by atoms with Crippen molar-refractivity contribution in [1.82, 2.24) is 9.80 Å². The van der Waals surface area contributed by atoms with Crippen LogP contribution in [0.15, 0.2) is 36.4 Å². The van der Waals surface area contributed by atoms with Crippen molar-refractivity contribution in [2.45, 2.75) is 19.0 Å². The molecule has 2 saturated heterocycles. The minimum Gasteiger partial charge on any atom is -0.296 e. The van der Waals surface area contributed by atoms with E-state index in [1.165, 1.54) is 34.0 Å². The summed E-state index contributed by atoms with van der Waals surface area (Å²) in [5.74, 6) is -0.838. The molecule has 5 nitrogen and oxygen atoms in total. The molecule has 3 heterocycles. The van der Waals surface area contributed by atoms with E-state index in [1.807, 2.05) is 12.1 Å². The summed E-state index contributed by atoms with van der Waals surface area (Å²) in [5.41, 5.74) is 0.433. The molecular formula is C19H19ClFN3O2S. The molecule has 0 saturated carbocycles. The van der Waals surface area contributed by atoms with Crippen LogP contribution >= 0.6 is 22.9 Å². The molecule has 1 aromatic heterocycles. The van der Waals surface area contributed by atoms with Gasteiger partial charge >= 0.3 is 0 Å². The maximum absolute atomic E-state index is 13.1. The Morgan fingerprint density at radius 1 is 1.04 bits per heavy atom. The van der Waals surface area contributed by atoms with Gasteiger partial charge in [-0.1, -0.05) is 11.6 Å². The van der Waals surface area contributed by atoms with Crippen LogP contribution in [-0.4, -0.2) is 53.8 Å². The summed E-state index contributed by atoms with van der Waals surface area (Å²) in [6, 6.07) is 8.98. The van der Waals surface area contributed by atoms with Crippen molar-refractivity contribution < 1.29 is 14.0 Å². The lowest BCUT2D eigenvalue weighted by Crippen LogP contribution is -2.52. The standard InChI is InChI=1S/C19H19ClFN3O2S/c20-17-6-5-15(27-17)12-22-7-9-23(10-8-22)16-11-18(25)24(19(16)26)14-3-1-13(21)2-4-14/h1-6,16H,7-12H2/t16-/m0/s1. The Labute approximate surface area is 165 Å². The highest BCUT2D eigenvalue weighted by molar-refractivity contribution is 7.16. The third-order valence-corrected chi connectivity index (χ3v) is 6.28. The summed E-state index contributed by atoms with van der Waals surface area (Å²) < 4.78 is 13.9. The summed E-state index contributed by atoms with van der Waals surface area (Å²) in [7, 11) is 0. The van der Waals surface area contributed by atoms with Crippen molar-refractivity contribution in [2.24, 2.45) is 0 Å². The van der Waals surface area contributed by atoms with Gasteiger partial charge in [0.2, 0.25) is 5.91 Å². The van der Waals surface area contributed by atoms with Crippen LogP contribution in [0.25, 0.3) is 0 Å². The predicted octanol–water partition coefficient (Wildman–Crippen LogP) is 2.99. The molecule has 0 unspecified atom stereocenters. The van der Waals surface area contributed by atoms with Gasteiger partial charge in [-0.3, -0.25) is 19.4 Å². The molecule has 2 amide bonds. The molecule has 27 heavy (non-hydrogen) atoms. The first kappa shape index (κ1) is 18.6. The van der Waals surface area contributed by atoms with Crippen LogP contribution in [0.1, 0.15) is 11.3 Å².